The van der Waals surface area contributed by atoms with Crippen molar-refractivity contribution in [2.45, 2.75) is 26.2 Å². The Hall–Kier alpha value is -4.10. The molecule has 0 bridgehead atoms. The number of thioether (sulfide) groups is 1. The first kappa shape index (κ1) is 25.5. The van der Waals surface area contributed by atoms with Gasteiger partial charge in [0.1, 0.15) is 30.5 Å². The number of rotatable bonds is 9. The SMILES string of the molecule is CC[C@@H](C)c1ccc(OCCOc2ccc(/C=C3/C(=N)N4C(c5ccccc5)=CSC4=NC3=O)cc2)cc1. The van der Waals surface area contributed by atoms with E-state index in [0.717, 1.165) is 29.0 Å². The number of benzene rings is 3. The van der Waals surface area contributed by atoms with E-state index in [1.165, 1.54) is 17.3 Å². The lowest BCUT2D eigenvalue weighted by Gasteiger charge is -2.26. The fraction of sp³-hybridized carbons (Fsp3) is 0.194. The van der Waals surface area contributed by atoms with E-state index < -0.39 is 5.91 Å². The monoisotopic (exact) mass is 523 g/mol. The van der Waals surface area contributed by atoms with Crippen LogP contribution in [0.2, 0.25) is 0 Å². The second-order valence-electron chi connectivity index (χ2n) is 9.07. The van der Waals surface area contributed by atoms with Gasteiger partial charge in [-0.1, -0.05) is 80.2 Å². The molecule has 2 aliphatic heterocycles. The van der Waals surface area contributed by atoms with Gasteiger partial charge in [0.25, 0.3) is 5.91 Å². The van der Waals surface area contributed by atoms with Crippen LogP contribution in [-0.4, -0.2) is 35.0 Å². The first-order valence-electron chi connectivity index (χ1n) is 12.6. The third-order valence-electron chi connectivity index (χ3n) is 6.56. The van der Waals surface area contributed by atoms with E-state index in [-0.39, 0.29) is 11.4 Å². The molecule has 0 radical (unpaired) electrons. The lowest BCUT2D eigenvalue weighted by molar-refractivity contribution is -0.114. The number of aliphatic imine (C=N–C) groups is 1. The van der Waals surface area contributed by atoms with Gasteiger partial charge in [0.15, 0.2) is 5.17 Å². The Kier molecular flexibility index (Phi) is 7.75. The first-order valence-corrected chi connectivity index (χ1v) is 13.5. The van der Waals surface area contributed by atoms with E-state index in [2.05, 4.69) is 31.0 Å². The second kappa shape index (κ2) is 11.5. The van der Waals surface area contributed by atoms with Gasteiger partial charge in [-0.2, -0.15) is 4.99 Å². The van der Waals surface area contributed by atoms with Gasteiger partial charge in [0.05, 0.1) is 11.3 Å². The molecule has 0 spiro atoms. The number of hydrogen-bond acceptors (Lipinski definition) is 5. The average molecular weight is 524 g/mol. The zero-order chi connectivity index (χ0) is 26.5. The van der Waals surface area contributed by atoms with Crippen molar-refractivity contribution in [3.05, 3.63) is 107 Å². The summed E-state index contributed by atoms with van der Waals surface area (Å²) in [5.74, 6) is 1.79. The summed E-state index contributed by atoms with van der Waals surface area (Å²) in [6.45, 7) is 5.26. The van der Waals surface area contributed by atoms with Crippen LogP contribution >= 0.6 is 11.8 Å². The van der Waals surface area contributed by atoms with Gasteiger partial charge >= 0.3 is 0 Å². The van der Waals surface area contributed by atoms with Gasteiger partial charge in [-0.05, 0) is 59.4 Å². The van der Waals surface area contributed by atoms with Gasteiger partial charge in [-0.15, -0.1) is 0 Å². The number of amidine groups is 2. The molecule has 192 valence electrons. The van der Waals surface area contributed by atoms with Crippen molar-refractivity contribution < 1.29 is 14.3 Å². The van der Waals surface area contributed by atoms with Gasteiger partial charge in [-0.25, -0.2) is 0 Å². The summed E-state index contributed by atoms with van der Waals surface area (Å²) in [5.41, 5.74) is 4.17. The average Bonchev–Trinajstić information content (AvgIpc) is 3.38. The molecule has 38 heavy (non-hydrogen) atoms. The summed E-state index contributed by atoms with van der Waals surface area (Å²) in [6.07, 6.45) is 2.81. The summed E-state index contributed by atoms with van der Waals surface area (Å²) in [4.78, 5) is 18.7. The third-order valence-corrected chi connectivity index (χ3v) is 7.38. The van der Waals surface area contributed by atoms with Gasteiger partial charge in [0.2, 0.25) is 0 Å². The highest BCUT2D eigenvalue weighted by Crippen LogP contribution is 2.37. The molecule has 3 aromatic rings. The maximum Gasteiger partial charge on any atom is 0.283 e. The highest BCUT2D eigenvalue weighted by Gasteiger charge is 2.36. The Morgan fingerprint density at radius 2 is 1.58 bits per heavy atom. The largest absolute Gasteiger partial charge is 0.490 e. The van der Waals surface area contributed by atoms with Crippen LogP contribution in [0.1, 0.15) is 42.9 Å². The zero-order valence-electron chi connectivity index (χ0n) is 21.4. The van der Waals surface area contributed by atoms with Crippen molar-refractivity contribution in [1.82, 2.24) is 4.90 Å². The fourth-order valence-electron chi connectivity index (χ4n) is 4.19. The molecule has 0 fully saturated rings. The highest BCUT2D eigenvalue weighted by atomic mass is 32.2. The normalized spacial score (nSPS) is 16.7. The number of nitrogens with zero attached hydrogens (tertiary/aromatic N) is 2. The standard InChI is InChI=1S/C31H29N3O3S/c1-3-21(2)23-11-15-26(16-12-23)37-18-17-36-25-13-9-22(10-14-25)19-27-29(32)34-28(24-7-5-4-6-8-24)20-38-31(34)33-30(27)35/h4-16,19-21,32H,3,17-18H2,1-2H3/b27-19-,32-29?/t21-/m1/s1. The Bertz CT molecular complexity index is 1410. The lowest BCUT2D eigenvalue weighted by Crippen LogP contribution is -2.38. The molecule has 0 aliphatic carbocycles. The van der Waals surface area contributed by atoms with Crippen LogP contribution in [-0.2, 0) is 4.79 Å². The molecule has 2 aliphatic rings. The van der Waals surface area contributed by atoms with E-state index in [1.54, 1.807) is 11.0 Å². The molecule has 2 heterocycles. The van der Waals surface area contributed by atoms with Crippen LogP contribution in [0.15, 0.2) is 94.8 Å². The molecule has 1 atom stereocenters. The zero-order valence-corrected chi connectivity index (χ0v) is 22.2. The number of carbonyl (C=O) groups is 1. The maximum atomic E-state index is 12.7. The Balaban J connectivity index is 1.19. The Morgan fingerprint density at radius 3 is 2.21 bits per heavy atom. The number of amides is 1. The fourth-order valence-corrected chi connectivity index (χ4v) is 5.08. The predicted molar refractivity (Wildman–Crippen MR) is 155 cm³/mol. The second-order valence-corrected chi connectivity index (χ2v) is 9.91. The minimum atomic E-state index is -0.411. The minimum absolute atomic E-state index is 0.120. The van der Waals surface area contributed by atoms with E-state index in [9.17, 15) is 4.79 Å². The van der Waals surface area contributed by atoms with Gasteiger partial charge in [-0.3, -0.25) is 15.1 Å². The maximum absolute atomic E-state index is 12.7. The van der Waals surface area contributed by atoms with E-state index >= 15 is 0 Å². The van der Waals surface area contributed by atoms with Crippen molar-refractivity contribution in [3.63, 3.8) is 0 Å². The number of ether oxygens (including phenoxy) is 2. The number of carbonyl (C=O) groups excluding carboxylic acids is 1. The molecule has 1 N–H and O–H groups in total. The van der Waals surface area contributed by atoms with Crippen LogP contribution in [0.5, 0.6) is 11.5 Å². The van der Waals surface area contributed by atoms with Crippen molar-refractivity contribution in [3.8, 4) is 11.5 Å². The topological polar surface area (TPSA) is 75.0 Å². The van der Waals surface area contributed by atoms with Gasteiger partial charge < -0.3 is 9.47 Å². The van der Waals surface area contributed by atoms with Crippen LogP contribution in [0.3, 0.4) is 0 Å². The summed E-state index contributed by atoms with van der Waals surface area (Å²) in [5, 5.41) is 11.2. The molecular weight excluding hydrogens is 494 g/mol. The summed E-state index contributed by atoms with van der Waals surface area (Å²) in [7, 11) is 0. The van der Waals surface area contributed by atoms with E-state index in [4.69, 9.17) is 14.9 Å². The number of hydrogen-bond donors (Lipinski definition) is 1. The van der Waals surface area contributed by atoms with Crippen LogP contribution in [0.25, 0.3) is 11.8 Å². The van der Waals surface area contributed by atoms with Crippen molar-refractivity contribution in [2.24, 2.45) is 4.99 Å². The van der Waals surface area contributed by atoms with E-state index in [1.807, 2.05) is 72.1 Å². The Morgan fingerprint density at radius 1 is 0.947 bits per heavy atom. The molecule has 0 aromatic heterocycles. The molecule has 0 saturated heterocycles. The number of fused-ring (bicyclic) bond motifs is 1. The molecular formula is C31H29N3O3S. The lowest BCUT2D eigenvalue weighted by atomic mass is 9.99. The summed E-state index contributed by atoms with van der Waals surface area (Å²) in [6, 6.07) is 25.5. The van der Waals surface area contributed by atoms with Crippen LogP contribution in [0, 0.1) is 5.41 Å². The van der Waals surface area contributed by atoms with E-state index in [0.29, 0.717) is 30.0 Å². The van der Waals surface area contributed by atoms with Crippen LogP contribution < -0.4 is 9.47 Å². The Labute approximate surface area is 227 Å². The minimum Gasteiger partial charge on any atom is -0.490 e. The molecule has 1 amide bonds. The molecule has 3 aromatic carbocycles. The van der Waals surface area contributed by atoms with Crippen molar-refractivity contribution in [2.75, 3.05) is 13.2 Å². The molecule has 5 rings (SSSR count). The van der Waals surface area contributed by atoms with Gasteiger partial charge in [0, 0.05) is 5.41 Å². The molecule has 0 saturated carbocycles. The molecule has 7 heteroatoms. The smallest absolute Gasteiger partial charge is 0.283 e. The first-order chi connectivity index (χ1) is 18.5. The van der Waals surface area contributed by atoms with Crippen LogP contribution in [0.4, 0.5) is 0 Å². The highest BCUT2D eigenvalue weighted by molar-refractivity contribution is 8.17. The third kappa shape index (κ3) is 5.58. The molecule has 6 nitrogen and oxygen atoms in total. The number of nitrogens with one attached hydrogen (secondary N) is 1. The quantitative estimate of drug-likeness (QED) is 0.242. The molecule has 0 unspecified atom stereocenters. The van der Waals surface area contributed by atoms with Crippen molar-refractivity contribution >= 4 is 40.4 Å². The summed E-state index contributed by atoms with van der Waals surface area (Å²) < 4.78 is 11.6. The predicted octanol–water partition coefficient (Wildman–Crippen LogP) is 6.96. The summed E-state index contributed by atoms with van der Waals surface area (Å²) >= 11 is 1.36. The van der Waals surface area contributed by atoms with Crippen molar-refractivity contribution in [1.29, 1.82) is 5.41 Å².